The first-order valence-electron chi connectivity index (χ1n) is 11.8. The Bertz CT molecular complexity index is 1250. The van der Waals surface area contributed by atoms with Gasteiger partial charge in [0.25, 0.3) is 11.7 Å². The fourth-order valence-corrected chi connectivity index (χ4v) is 4.23. The number of unbranched alkanes of at least 4 members (excludes halogenated alkanes) is 2. The van der Waals surface area contributed by atoms with Gasteiger partial charge in [-0.3, -0.25) is 9.59 Å². The van der Waals surface area contributed by atoms with Gasteiger partial charge in [-0.25, -0.2) is 4.39 Å². The molecule has 1 aliphatic heterocycles. The Balaban J connectivity index is 1.78. The summed E-state index contributed by atoms with van der Waals surface area (Å²) in [5, 5.41) is 11.1. The highest BCUT2D eigenvalue weighted by atomic mass is 19.1. The topological polar surface area (TPSA) is 89.2 Å². The molecule has 2 heterocycles. The third-order valence-corrected chi connectivity index (χ3v) is 6.07. The molecular weight excluding hydrogens is 465 g/mol. The Hall–Kier alpha value is -4.07. The quantitative estimate of drug-likeness (QED) is 0.171. The van der Waals surface area contributed by atoms with E-state index in [9.17, 15) is 19.1 Å². The van der Waals surface area contributed by atoms with Crippen LogP contribution in [0.3, 0.4) is 0 Å². The number of halogens is 1. The molecule has 1 saturated heterocycles. The van der Waals surface area contributed by atoms with E-state index in [0.717, 1.165) is 19.3 Å². The predicted octanol–water partition coefficient (Wildman–Crippen LogP) is 5.62. The second-order valence-electron chi connectivity index (χ2n) is 8.48. The summed E-state index contributed by atoms with van der Waals surface area (Å²) in [6.45, 7) is 2.66. The van der Waals surface area contributed by atoms with Crippen molar-refractivity contribution in [3.63, 3.8) is 0 Å². The van der Waals surface area contributed by atoms with Crippen LogP contribution in [0.25, 0.3) is 5.76 Å². The van der Waals surface area contributed by atoms with Crippen molar-refractivity contribution in [3.8, 4) is 11.5 Å². The number of benzene rings is 2. The minimum absolute atomic E-state index is 0.0139. The van der Waals surface area contributed by atoms with Gasteiger partial charge in [-0.15, -0.1) is 0 Å². The van der Waals surface area contributed by atoms with Crippen molar-refractivity contribution in [2.45, 2.75) is 38.8 Å². The normalized spacial score (nSPS) is 17.0. The smallest absolute Gasteiger partial charge is 0.296 e. The fraction of sp³-hybridized carbons (Fsp3) is 0.286. The molecule has 1 N–H and O–H groups in total. The van der Waals surface area contributed by atoms with E-state index in [1.165, 1.54) is 42.5 Å². The van der Waals surface area contributed by atoms with Gasteiger partial charge in [0.2, 0.25) is 0 Å². The van der Waals surface area contributed by atoms with Gasteiger partial charge in [0.15, 0.2) is 11.5 Å². The number of rotatable bonds is 10. The second kappa shape index (κ2) is 11.1. The Labute approximate surface area is 208 Å². The van der Waals surface area contributed by atoms with Crippen LogP contribution < -0.4 is 9.47 Å². The SMILES string of the molecule is CCCCCOc1ccc(C2/C(=C(\O)c3ccc(F)cc3)C(=O)C(=O)N2Cc2ccco2)cc1OC. The van der Waals surface area contributed by atoms with Crippen LogP contribution in [-0.4, -0.2) is 35.4 Å². The lowest BCUT2D eigenvalue weighted by Crippen LogP contribution is -2.29. The zero-order valence-corrected chi connectivity index (χ0v) is 20.2. The van der Waals surface area contributed by atoms with Gasteiger partial charge >= 0.3 is 0 Å². The number of aliphatic hydroxyl groups excluding tert-OH is 1. The van der Waals surface area contributed by atoms with Crippen molar-refractivity contribution in [1.29, 1.82) is 0 Å². The van der Waals surface area contributed by atoms with E-state index in [2.05, 4.69) is 6.92 Å². The molecule has 1 unspecified atom stereocenters. The number of furan rings is 1. The van der Waals surface area contributed by atoms with Crippen molar-refractivity contribution in [1.82, 2.24) is 4.90 Å². The first-order valence-corrected chi connectivity index (χ1v) is 11.8. The van der Waals surface area contributed by atoms with Gasteiger partial charge in [0.05, 0.1) is 38.1 Å². The highest BCUT2D eigenvalue weighted by Crippen LogP contribution is 2.42. The molecule has 1 aliphatic rings. The van der Waals surface area contributed by atoms with E-state index < -0.39 is 23.5 Å². The molecule has 3 aromatic rings. The van der Waals surface area contributed by atoms with Crippen molar-refractivity contribution in [3.05, 3.63) is 89.1 Å². The first kappa shape index (κ1) is 25.0. The lowest BCUT2D eigenvalue weighted by Gasteiger charge is -2.25. The number of amides is 1. The molecule has 0 saturated carbocycles. The number of carbonyl (C=O) groups excluding carboxylic acids is 2. The molecule has 1 fully saturated rings. The summed E-state index contributed by atoms with van der Waals surface area (Å²) in [6.07, 6.45) is 4.50. The number of likely N-dealkylation sites (tertiary alicyclic amines) is 1. The van der Waals surface area contributed by atoms with E-state index in [1.807, 2.05) is 0 Å². The van der Waals surface area contributed by atoms with Crippen LogP contribution in [0.15, 0.2) is 70.9 Å². The molecule has 7 nitrogen and oxygen atoms in total. The Morgan fingerprint density at radius 1 is 1.08 bits per heavy atom. The highest BCUT2D eigenvalue weighted by molar-refractivity contribution is 6.46. The molecule has 0 bridgehead atoms. The molecule has 8 heteroatoms. The summed E-state index contributed by atoms with van der Waals surface area (Å²) in [5.74, 6) is -1.04. The lowest BCUT2D eigenvalue weighted by molar-refractivity contribution is -0.140. The predicted molar refractivity (Wildman–Crippen MR) is 131 cm³/mol. The van der Waals surface area contributed by atoms with Crippen molar-refractivity contribution >= 4 is 17.4 Å². The summed E-state index contributed by atoms with van der Waals surface area (Å²) in [4.78, 5) is 27.6. The lowest BCUT2D eigenvalue weighted by atomic mass is 9.95. The summed E-state index contributed by atoms with van der Waals surface area (Å²) >= 11 is 0. The molecule has 0 spiro atoms. The van der Waals surface area contributed by atoms with Crippen molar-refractivity contribution < 1.29 is 33.0 Å². The van der Waals surface area contributed by atoms with Crippen LogP contribution in [0.5, 0.6) is 11.5 Å². The number of methoxy groups -OCH3 is 1. The average molecular weight is 494 g/mol. The molecular formula is C28H28FNO6. The van der Waals surface area contributed by atoms with Gasteiger partial charge in [-0.1, -0.05) is 25.8 Å². The van der Waals surface area contributed by atoms with E-state index >= 15 is 0 Å². The van der Waals surface area contributed by atoms with Crippen LogP contribution in [0, 0.1) is 5.82 Å². The fourth-order valence-electron chi connectivity index (χ4n) is 4.23. The zero-order chi connectivity index (χ0) is 25.7. The minimum Gasteiger partial charge on any atom is -0.507 e. The number of aliphatic hydroxyl groups is 1. The van der Waals surface area contributed by atoms with Crippen molar-refractivity contribution in [2.24, 2.45) is 0 Å². The molecule has 188 valence electrons. The van der Waals surface area contributed by atoms with E-state index in [0.29, 0.717) is 29.4 Å². The number of nitrogens with zero attached hydrogens (tertiary/aromatic N) is 1. The molecule has 0 aliphatic carbocycles. The largest absolute Gasteiger partial charge is 0.507 e. The van der Waals surface area contributed by atoms with Gasteiger partial charge in [0, 0.05) is 5.56 Å². The zero-order valence-electron chi connectivity index (χ0n) is 20.2. The molecule has 2 aromatic carbocycles. The number of carbonyl (C=O) groups is 2. The molecule has 0 radical (unpaired) electrons. The molecule has 1 aromatic heterocycles. The Morgan fingerprint density at radius 3 is 2.53 bits per heavy atom. The maximum Gasteiger partial charge on any atom is 0.296 e. The van der Waals surface area contributed by atoms with Crippen LogP contribution in [-0.2, 0) is 16.1 Å². The van der Waals surface area contributed by atoms with Gasteiger partial charge < -0.3 is 23.9 Å². The van der Waals surface area contributed by atoms with Crippen LogP contribution in [0.4, 0.5) is 4.39 Å². The van der Waals surface area contributed by atoms with E-state index in [-0.39, 0.29) is 23.4 Å². The molecule has 36 heavy (non-hydrogen) atoms. The monoisotopic (exact) mass is 493 g/mol. The third kappa shape index (κ3) is 5.12. The van der Waals surface area contributed by atoms with Crippen LogP contribution >= 0.6 is 0 Å². The van der Waals surface area contributed by atoms with Gasteiger partial charge in [-0.2, -0.15) is 0 Å². The summed E-state index contributed by atoms with van der Waals surface area (Å²) in [5.41, 5.74) is 0.666. The maximum absolute atomic E-state index is 13.5. The van der Waals surface area contributed by atoms with Crippen LogP contribution in [0.1, 0.15) is 49.1 Å². The number of ether oxygens (including phenoxy) is 2. The number of hydrogen-bond donors (Lipinski definition) is 1. The van der Waals surface area contributed by atoms with Crippen molar-refractivity contribution in [2.75, 3.05) is 13.7 Å². The standard InChI is InChI=1S/C28H28FNO6/c1-3-4-5-14-36-22-13-10-19(16-23(22)34-2)25-24(26(31)18-8-11-20(29)12-9-18)27(32)28(33)30(25)17-21-7-6-15-35-21/h6-13,15-16,25,31H,3-5,14,17H2,1-2H3/b26-24+. The average Bonchev–Trinajstić information content (AvgIpc) is 3.49. The molecule has 4 rings (SSSR count). The summed E-state index contributed by atoms with van der Waals surface area (Å²) in [7, 11) is 1.51. The number of hydrogen-bond acceptors (Lipinski definition) is 6. The van der Waals surface area contributed by atoms with Crippen LogP contribution in [0.2, 0.25) is 0 Å². The Kier molecular flexibility index (Phi) is 7.73. The van der Waals surface area contributed by atoms with Gasteiger partial charge in [-0.05, 0) is 60.5 Å². The minimum atomic E-state index is -0.928. The number of ketones is 1. The third-order valence-electron chi connectivity index (χ3n) is 6.07. The second-order valence-corrected chi connectivity index (χ2v) is 8.48. The van der Waals surface area contributed by atoms with Gasteiger partial charge in [0.1, 0.15) is 17.3 Å². The summed E-state index contributed by atoms with van der Waals surface area (Å²) < 4.78 is 30.3. The highest BCUT2D eigenvalue weighted by Gasteiger charge is 2.46. The number of Topliss-reactive ketones (excluding diaryl/α,β-unsaturated/α-hetero) is 1. The van der Waals surface area contributed by atoms with E-state index in [1.54, 1.807) is 30.3 Å². The molecule has 1 amide bonds. The van der Waals surface area contributed by atoms with E-state index in [4.69, 9.17) is 13.9 Å². The Morgan fingerprint density at radius 2 is 1.86 bits per heavy atom. The maximum atomic E-state index is 13.5. The molecule has 1 atom stereocenters. The summed E-state index contributed by atoms with van der Waals surface area (Å²) in [6, 6.07) is 12.7. The first-order chi connectivity index (χ1) is 17.4.